The minimum atomic E-state index is -0.230. The van der Waals surface area contributed by atoms with Crippen LogP contribution in [0.3, 0.4) is 0 Å². The Morgan fingerprint density at radius 1 is 0.971 bits per heavy atom. The highest BCUT2D eigenvalue weighted by atomic mass is 16.2. The number of pyridine rings is 1. The van der Waals surface area contributed by atoms with Gasteiger partial charge in [-0.2, -0.15) is 0 Å². The fraction of sp³-hybridized carbons (Fsp3) is 0.321. The fourth-order valence-electron chi connectivity index (χ4n) is 4.92. The topological polar surface area (TPSA) is 65.5 Å². The van der Waals surface area contributed by atoms with E-state index >= 15 is 0 Å². The first-order chi connectivity index (χ1) is 16.6. The van der Waals surface area contributed by atoms with E-state index < -0.39 is 0 Å². The van der Waals surface area contributed by atoms with Gasteiger partial charge in [-0.25, -0.2) is 4.98 Å². The fourth-order valence-corrected chi connectivity index (χ4v) is 4.92. The molecule has 3 heterocycles. The number of nitrogens with one attached hydrogen (secondary N) is 1. The molecule has 2 aliphatic rings. The van der Waals surface area contributed by atoms with E-state index in [1.165, 1.54) is 11.1 Å². The van der Waals surface area contributed by atoms with Crippen LogP contribution in [0.25, 0.3) is 0 Å². The van der Waals surface area contributed by atoms with Crippen molar-refractivity contribution < 1.29 is 9.59 Å². The van der Waals surface area contributed by atoms with Gasteiger partial charge in [0, 0.05) is 43.6 Å². The van der Waals surface area contributed by atoms with Crippen molar-refractivity contribution in [2.45, 2.75) is 32.7 Å². The Morgan fingerprint density at radius 3 is 2.56 bits per heavy atom. The molecule has 1 unspecified atom stereocenters. The third kappa shape index (κ3) is 4.67. The lowest BCUT2D eigenvalue weighted by Crippen LogP contribution is -2.43. The van der Waals surface area contributed by atoms with Gasteiger partial charge in [0.05, 0.1) is 5.92 Å². The van der Waals surface area contributed by atoms with Crippen LogP contribution in [0.1, 0.15) is 39.9 Å². The molecule has 1 fully saturated rings. The predicted octanol–water partition coefficient (Wildman–Crippen LogP) is 4.44. The van der Waals surface area contributed by atoms with Gasteiger partial charge in [-0.15, -0.1) is 0 Å². The number of likely N-dealkylation sites (tertiary alicyclic amines) is 1. The Kier molecular flexibility index (Phi) is 6.30. The zero-order chi connectivity index (χ0) is 23.5. The molecule has 2 amide bonds. The van der Waals surface area contributed by atoms with Crippen molar-refractivity contribution >= 4 is 23.3 Å². The van der Waals surface area contributed by atoms with E-state index in [4.69, 9.17) is 0 Å². The second-order valence-electron chi connectivity index (χ2n) is 9.24. The van der Waals surface area contributed by atoms with Crippen LogP contribution in [0.2, 0.25) is 0 Å². The summed E-state index contributed by atoms with van der Waals surface area (Å²) in [5, 5.41) is 2.94. The third-order valence-corrected chi connectivity index (χ3v) is 6.94. The molecule has 3 aromatic rings. The maximum atomic E-state index is 13.2. The standard InChI is InChI=1S/C28H30N4O2/c1-20-6-4-15-29-26(20)30-27(33)24-9-5-16-32(19-24)28(34)22-10-12-25(13-11-22)31-17-14-21-7-2-3-8-23(21)18-31/h2-4,6-8,10-13,15,24H,5,9,14,16-19H2,1H3,(H,29,30,33). The van der Waals surface area contributed by atoms with Gasteiger partial charge < -0.3 is 15.1 Å². The molecule has 6 heteroatoms. The molecule has 6 nitrogen and oxygen atoms in total. The number of hydrogen-bond acceptors (Lipinski definition) is 4. The molecule has 1 N–H and O–H groups in total. The maximum Gasteiger partial charge on any atom is 0.253 e. The number of rotatable bonds is 4. The molecule has 1 saturated heterocycles. The molecular formula is C28H30N4O2. The van der Waals surface area contributed by atoms with Crippen LogP contribution in [0, 0.1) is 12.8 Å². The highest BCUT2D eigenvalue weighted by Crippen LogP contribution is 2.26. The van der Waals surface area contributed by atoms with Gasteiger partial charge in [-0.3, -0.25) is 9.59 Å². The van der Waals surface area contributed by atoms with E-state index in [0.29, 0.717) is 24.5 Å². The third-order valence-electron chi connectivity index (χ3n) is 6.94. The molecule has 174 valence electrons. The molecule has 2 aliphatic heterocycles. The number of carbonyl (C=O) groups is 2. The lowest BCUT2D eigenvalue weighted by Gasteiger charge is -2.33. The number of fused-ring (bicyclic) bond motifs is 1. The Morgan fingerprint density at radius 2 is 1.76 bits per heavy atom. The first-order valence-electron chi connectivity index (χ1n) is 12.0. The second kappa shape index (κ2) is 9.67. The van der Waals surface area contributed by atoms with Crippen molar-refractivity contribution in [1.82, 2.24) is 9.88 Å². The number of anilines is 2. The van der Waals surface area contributed by atoms with E-state index in [0.717, 1.165) is 43.6 Å². The summed E-state index contributed by atoms with van der Waals surface area (Å²) in [6.07, 6.45) is 4.30. The summed E-state index contributed by atoms with van der Waals surface area (Å²) in [6, 6.07) is 20.3. The van der Waals surface area contributed by atoms with Crippen LogP contribution in [0.4, 0.5) is 11.5 Å². The summed E-state index contributed by atoms with van der Waals surface area (Å²) in [6.45, 7) is 4.90. The summed E-state index contributed by atoms with van der Waals surface area (Å²) in [7, 11) is 0. The van der Waals surface area contributed by atoms with Crippen LogP contribution in [0.5, 0.6) is 0 Å². The monoisotopic (exact) mass is 454 g/mol. The zero-order valence-electron chi connectivity index (χ0n) is 19.5. The van der Waals surface area contributed by atoms with Gasteiger partial charge in [-0.05, 0) is 73.2 Å². The molecular weight excluding hydrogens is 424 g/mol. The van der Waals surface area contributed by atoms with Crippen LogP contribution < -0.4 is 10.2 Å². The molecule has 2 aromatic carbocycles. The van der Waals surface area contributed by atoms with E-state index in [-0.39, 0.29) is 17.7 Å². The maximum absolute atomic E-state index is 13.2. The van der Waals surface area contributed by atoms with E-state index in [2.05, 4.69) is 39.5 Å². The Balaban J connectivity index is 1.22. The van der Waals surface area contributed by atoms with Crippen molar-refractivity contribution in [3.63, 3.8) is 0 Å². The van der Waals surface area contributed by atoms with E-state index in [1.807, 2.05) is 48.2 Å². The molecule has 0 radical (unpaired) electrons. The molecule has 0 saturated carbocycles. The molecule has 1 atom stereocenters. The van der Waals surface area contributed by atoms with Gasteiger partial charge >= 0.3 is 0 Å². The zero-order valence-corrected chi connectivity index (χ0v) is 19.5. The first kappa shape index (κ1) is 22.1. The number of aryl methyl sites for hydroxylation is 1. The van der Waals surface area contributed by atoms with Crippen LogP contribution >= 0.6 is 0 Å². The van der Waals surface area contributed by atoms with Gasteiger partial charge in [-0.1, -0.05) is 30.3 Å². The lowest BCUT2D eigenvalue weighted by molar-refractivity contribution is -0.121. The summed E-state index contributed by atoms with van der Waals surface area (Å²) in [4.78, 5) is 34.5. The Hall–Kier alpha value is -3.67. The normalized spacial score (nSPS) is 17.7. The number of carbonyl (C=O) groups excluding carboxylic acids is 2. The minimum absolute atomic E-state index is 0.0120. The number of benzene rings is 2. The molecule has 1 aromatic heterocycles. The highest BCUT2D eigenvalue weighted by molar-refractivity contribution is 5.96. The minimum Gasteiger partial charge on any atom is -0.367 e. The largest absolute Gasteiger partial charge is 0.367 e. The van der Waals surface area contributed by atoms with Crippen molar-refractivity contribution in [3.8, 4) is 0 Å². The molecule has 34 heavy (non-hydrogen) atoms. The summed E-state index contributed by atoms with van der Waals surface area (Å²) in [5.74, 6) is 0.278. The van der Waals surface area contributed by atoms with Gasteiger partial charge in [0.2, 0.25) is 5.91 Å². The van der Waals surface area contributed by atoms with Crippen LogP contribution in [0.15, 0.2) is 66.9 Å². The Bertz CT molecular complexity index is 1190. The van der Waals surface area contributed by atoms with Crippen molar-refractivity contribution in [1.29, 1.82) is 0 Å². The Labute approximate surface area is 200 Å². The van der Waals surface area contributed by atoms with E-state index in [9.17, 15) is 9.59 Å². The van der Waals surface area contributed by atoms with Gasteiger partial charge in [0.1, 0.15) is 5.82 Å². The number of nitrogens with zero attached hydrogens (tertiary/aromatic N) is 3. The molecule has 0 aliphatic carbocycles. The van der Waals surface area contributed by atoms with Gasteiger partial charge in [0.15, 0.2) is 0 Å². The average molecular weight is 455 g/mol. The predicted molar refractivity (Wildman–Crippen MR) is 134 cm³/mol. The van der Waals surface area contributed by atoms with E-state index in [1.54, 1.807) is 6.20 Å². The number of hydrogen-bond donors (Lipinski definition) is 1. The average Bonchev–Trinajstić information content (AvgIpc) is 2.89. The second-order valence-corrected chi connectivity index (χ2v) is 9.24. The lowest BCUT2D eigenvalue weighted by atomic mass is 9.96. The number of aromatic nitrogens is 1. The van der Waals surface area contributed by atoms with Crippen molar-refractivity contribution in [3.05, 3.63) is 89.1 Å². The summed E-state index contributed by atoms with van der Waals surface area (Å²) in [5.41, 5.74) is 5.52. The SMILES string of the molecule is Cc1cccnc1NC(=O)C1CCCN(C(=O)c2ccc(N3CCc4ccccc4C3)cc2)C1. The van der Waals surface area contributed by atoms with Crippen molar-refractivity contribution in [2.24, 2.45) is 5.92 Å². The highest BCUT2D eigenvalue weighted by Gasteiger charge is 2.29. The summed E-state index contributed by atoms with van der Waals surface area (Å²) < 4.78 is 0. The van der Waals surface area contributed by atoms with Crippen LogP contribution in [-0.4, -0.2) is 41.3 Å². The molecule has 5 rings (SSSR count). The summed E-state index contributed by atoms with van der Waals surface area (Å²) >= 11 is 0. The van der Waals surface area contributed by atoms with Crippen molar-refractivity contribution in [2.75, 3.05) is 29.9 Å². The smallest absolute Gasteiger partial charge is 0.253 e. The van der Waals surface area contributed by atoms with Gasteiger partial charge in [0.25, 0.3) is 5.91 Å². The number of piperidine rings is 1. The first-order valence-corrected chi connectivity index (χ1v) is 12.0. The van der Waals surface area contributed by atoms with Crippen LogP contribution in [-0.2, 0) is 17.8 Å². The molecule has 0 spiro atoms. The molecule has 0 bridgehead atoms. The number of amides is 2. The quantitative estimate of drug-likeness (QED) is 0.633.